The van der Waals surface area contributed by atoms with E-state index in [0.717, 1.165) is 0 Å². The van der Waals surface area contributed by atoms with Gasteiger partial charge in [-0.05, 0) is 48.5 Å². The molecule has 33 heavy (non-hydrogen) atoms. The van der Waals surface area contributed by atoms with Gasteiger partial charge in [0.15, 0.2) is 5.84 Å². The molecule has 0 aliphatic carbocycles. The fraction of sp³-hybridized carbons (Fsp3) is 0.0909. The molecule has 0 atom stereocenters. The van der Waals surface area contributed by atoms with Crippen molar-refractivity contribution in [3.63, 3.8) is 0 Å². The highest BCUT2D eigenvalue weighted by atomic mass is 32.2. The van der Waals surface area contributed by atoms with Crippen LogP contribution in [0.1, 0.15) is 15.9 Å². The van der Waals surface area contributed by atoms with Crippen molar-refractivity contribution < 1.29 is 26.4 Å². The number of nitrogens with zero attached hydrogens (tertiary/aromatic N) is 1. The number of hydrogen-bond acceptors (Lipinski definition) is 5. The maximum atomic E-state index is 12.6. The normalized spacial score (nSPS) is 14.3. The predicted octanol–water partition coefficient (Wildman–Crippen LogP) is 5.15. The van der Waals surface area contributed by atoms with Crippen LogP contribution in [0.2, 0.25) is 0 Å². The summed E-state index contributed by atoms with van der Waals surface area (Å²) in [4.78, 5) is 13.0. The van der Waals surface area contributed by atoms with Crippen molar-refractivity contribution in [2.24, 2.45) is 4.40 Å². The highest BCUT2D eigenvalue weighted by molar-refractivity contribution is 7.99. The lowest BCUT2D eigenvalue weighted by Gasteiger charge is -2.12. The SMILES string of the molecule is O=C(Nc1ccccc1SCC(F)(F)F)c1ccc(NC2=NS(=O)(=O)c3ccccc32)cc1. The molecule has 0 radical (unpaired) electrons. The highest BCUT2D eigenvalue weighted by Crippen LogP contribution is 2.32. The van der Waals surface area contributed by atoms with Crippen molar-refractivity contribution >= 4 is 44.9 Å². The molecular formula is C22H16F3N3O3S2. The van der Waals surface area contributed by atoms with Gasteiger partial charge in [0.05, 0.1) is 11.4 Å². The van der Waals surface area contributed by atoms with Crippen molar-refractivity contribution in [3.05, 3.63) is 83.9 Å². The molecule has 0 aromatic heterocycles. The summed E-state index contributed by atoms with van der Waals surface area (Å²) < 4.78 is 65.7. The molecule has 0 fully saturated rings. The number of halogens is 3. The van der Waals surface area contributed by atoms with Crippen LogP contribution >= 0.6 is 11.8 Å². The number of thioether (sulfide) groups is 1. The minimum Gasteiger partial charge on any atom is -0.339 e. The summed E-state index contributed by atoms with van der Waals surface area (Å²) in [6, 6.07) is 18.9. The zero-order chi connectivity index (χ0) is 23.6. The first-order valence-electron chi connectivity index (χ1n) is 9.54. The summed E-state index contributed by atoms with van der Waals surface area (Å²) in [6.07, 6.45) is -4.33. The molecule has 170 valence electrons. The lowest BCUT2D eigenvalue weighted by Crippen LogP contribution is -2.14. The van der Waals surface area contributed by atoms with Gasteiger partial charge in [0.2, 0.25) is 0 Å². The lowest BCUT2D eigenvalue weighted by atomic mass is 10.1. The van der Waals surface area contributed by atoms with Gasteiger partial charge in [-0.15, -0.1) is 16.2 Å². The maximum absolute atomic E-state index is 12.6. The van der Waals surface area contributed by atoms with Crippen LogP contribution in [0.5, 0.6) is 0 Å². The van der Waals surface area contributed by atoms with E-state index in [4.69, 9.17) is 0 Å². The Kier molecular flexibility index (Phi) is 6.17. The van der Waals surface area contributed by atoms with Crippen LogP contribution < -0.4 is 10.6 Å². The number of para-hydroxylation sites is 1. The summed E-state index contributed by atoms with van der Waals surface area (Å²) in [7, 11) is -3.76. The molecule has 2 N–H and O–H groups in total. The standard InChI is InChI=1S/C22H16F3N3O3S2/c23-22(24,25)13-32-18-7-3-2-6-17(18)27-21(29)14-9-11-15(12-10-14)26-20-16-5-1-4-8-19(16)33(30,31)28-20/h1-12H,13H2,(H,26,28)(H,27,29). The Morgan fingerprint density at radius 3 is 2.33 bits per heavy atom. The van der Waals surface area contributed by atoms with Crippen LogP contribution in [0, 0.1) is 0 Å². The average molecular weight is 492 g/mol. The second-order valence-electron chi connectivity index (χ2n) is 6.97. The number of fused-ring (bicyclic) bond motifs is 1. The fourth-order valence-electron chi connectivity index (χ4n) is 3.09. The summed E-state index contributed by atoms with van der Waals surface area (Å²) in [5, 5.41) is 5.57. The van der Waals surface area contributed by atoms with E-state index in [9.17, 15) is 26.4 Å². The van der Waals surface area contributed by atoms with Crippen LogP contribution in [-0.4, -0.2) is 32.1 Å². The second-order valence-corrected chi connectivity index (χ2v) is 9.56. The number of carbonyl (C=O) groups excluding carboxylic acids is 1. The molecule has 3 aromatic rings. The van der Waals surface area contributed by atoms with Crippen LogP contribution in [-0.2, 0) is 10.0 Å². The molecule has 1 aliphatic heterocycles. The molecule has 4 rings (SSSR count). The number of hydrogen-bond donors (Lipinski definition) is 2. The minimum absolute atomic E-state index is 0.116. The number of amides is 1. The zero-order valence-electron chi connectivity index (χ0n) is 16.8. The zero-order valence-corrected chi connectivity index (χ0v) is 18.4. The molecule has 0 bridgehead atoms. The smallest absolute Gasteiger partial charge is 0.339 e. The van der Waals surface area contributed by atoms with Gasteiger partial charge >= 0.3 is 6.18 Å². The third-order valence-corrected chi connectivity index (χ3v) is 7.04. The predicted molar refractivity (Wildman–Crippen MR) is 121 cm³/mol. The van der Waals surface area contributed by atoms with E-state index in [1.807, 2.05) is 0 Å². The largest absolute Gasteiger partial charge is 0.398 e. The van der Waals surface area contributed by atoms with E-state index < -0.39 is 27.9 Å². The average Bonchev–Trinajstić information content (AvgIpc) is 3.03. The molecule has 0 saturated heterocycles. The summed E-state index contributed by atoms with van der Waals surface area (Å²) >= 11 is 0.594. The quantitative estimate of drug-likeness (QED) is 0.482. The molecule has 1 amide bonds. The van der Waals surface area contributed by atoms with Crippen molar-refractivity contribution in [2.75, 3.05) is 16.4 Å². The molecule has 11 heteroatoms. The van der Waals surface area contributed by atoms with Gasteiger partial charge in [-0.1, -0.05) is 24.3 Å². The van der Waals surface area contributed by atoms with Gasteiger partial charge in [-0.2, -0.15) is 21.6 Å². The van der Waals surface area contributed by atoms with E-state index in [0.29, 0.717) is 27.9 Å². The second kappa shape index (κ2) is 8.91. The number of carbonyl (C=O) groups is 1. The summed E-state index contributed by atoms with van der Waals surface area (Å²) in [5.41, 5.74) is 1.52. The van der Waals surface area contributed by atoms with Gasteiger partial charge in [0, 0.05) is 21.7 Å². The Labute approximate surface area is 192 Å². The Balaban J connectivity index is 1.46. The number of sulfonamides is 1. The number of alkyl halides is 3. The van der Waals surface area contributed by atoms with Crippen LogP contribution in [0.25, 0.3) is 0 Å². The minimum atomic E-state index is -4.33. The Bertz CT molecular complexity index is 1340. The van der Waals surface area contributed by atoms with Gasteiger partial charge < -0.3 is 10.6 Å². The molecule has 0 unspecified atom stereocenters. The molecule has 0 saturated carbocycles. The summed E-state index contributed by atoms with van der Waals surface area (Å²) in [5.74, 6) is -1.38. The Morgan fingerprint density at radius 1 is 0.939 bits per heavy atom. The lowest BCUT2D eigenvalue weighted by molar-refractivity contribution is -0.105. The number of rotatable bonds is 5. The Morgan fingerprint density at radius 2 is 1.61 bits per heavy atom. The molecule has 0 spiro atoms. The third kappa shape index (κ3) is 5.37. The topological polar surface area (TPSA) is 87.6 Å². The first-order chi connectivity index (χ1) is 15.6. The molecular weight excluding hydrogens is 475 g/mol. The first-order valence-corrected chi connectivity index (χ1v) is 12.0. The van der Waals surface area contributed by atoms with Gasteiger partial charge in [0.25, 0.3) is 15.9 Å². The fourth-order valence-corrected chi connectivity index (χ4v) is 5.03. The molecule has 6 nitrogen and oxygen atoms in total. The molecule has 1 aliphatic rings. The van der Waals surface area contributed by atoms with Crippen LogP contribution in [0.3, 0.4) is 0 Å². The number of amidine groups is 1. The van der Waals surface area contributed by atoms with E-state index in [1.165, 1.54) is 30.3 Å². The van der Waals surface area contributed by atoms with Crippen molar-refractivity contribution in [3.8, 4) is 0 Å². The van der Waals surface area contributed by atoms with Gasteiger partial charge in [-0.25, -0.2) is 0 Å². The van der Waals surface area contributed by atoms with Crippen molar-refractivity contribution in [1.82, 2.24) is 0 Å². The van der Waals surface area contributed by atoms with Gasteiger partial charge in [-0.3, -0.25) is 4.79 Å². The molecule has 1 heterocycles. The van der Waals surface area contributed by atoms with E-state index >= 15 is 0 Å². The van der Waals surface area contributed by atoms with Crippen molar-refractivity contribution in [2.45, 2.75) is 16.0 Å². The van der Waals surface area contributed by atoms with Crippen LogP contribution in [0.4, 0.5) is 24.5 Å². The number of anilines is 2. The number of nitrogens with one attached hydrogen (secondary N) is 2. The van der Waals surface area contributed by atoms with E-state index in [-0.39, 0.29) is 22.0 Å². The van der Waals surface area contributed by atoms with Crippen LogP contribution in [0.15, 0.2) is 87.0 Å². The first kappa shape index (κ1) is 22.9. The van der Waals surface area contributed by atoms with E-state index in [2.05, 4.69) is 15.0 Å². The molecule has 3 aromatic carbocycles. The van der Waals surface area contributed by atoms with Gasteiger partial charge in [0.1, 0.15) is 4.90 Å². The highest BCUT2D eigenvalue weighted by Gasteiger charge is 2.29. The maximum Gasteiger partial charge on any atom is 0.398 e. The summed E-state index contributed by atoms with van der Waals surface area (Å²) in [6.45, 7) is 0. The Hall–Kier alpha value is -3.31. The monoisotopic (exact) mass is 491 g/mol. The van der Waals surface area contributed by atoms with Crippen molar-refractivity contribution in [1.29, 1.82) is 0 Å². The third-order valence-electron chi connectivity index (χ3n) is 4.57. The number of benzene rings is 3. The van der Waals surface area contributed by atoms with E-state index in [1.54, 1.807) is 42.5 Å².